The minimum Gasteiger partial charge on any atom is -0.461 e. The van der Waals surface area contributed by atoms with Gasteiger partial charge in [-0.3, -0.25) is 10.1 Å². The van der Waals surface area contributed by atoms with Crippen molar-refractivity contribution in [1.82, 2.24) is 4.98 Å². The van der Waals surface area contributed by atoms with Crippen LogP contribution in [0, 0.1) is 6.92 Å². The van der Waals surface area contributed by atoms with Crippen molar-refractivity contribution in [2.24, 2.45) is 0 Å². The number of nitrogens with one attached hydrogen (secondary N) is 1. The number of carbonyl (C=O) groups excluding carboxylic acids is 2. The highest BCUT2D eigenvalue weighted by Gasteiger charge is 2.21. The molecule has 1 aromatic heterocycles. The fourth-order valence-corrected chi connectivity index (χ4v) is 4.00. The van der Waals surface area contributed by atoms with Crippen LogP contribution in [0.5, 0.6) is 0 Å². The summed E-state index contributed by atoms with van der Waals surface area (Å²) in [5.74, 6) is -1.13. The van der Waals surface area contributed by atoms with Gasteiger partial charge in [-0.1, -0.05) is 29.8 Å². The Labute approximate surface area is 179 Å². The number of amides is 1. The Morgan fingerprint density at radius 1 is 1.13 bits per heavy atom. The van der Waals surface area contributed by atoms with Gasteiger partial charge in [-0.25, -0.2) is 22.5 Å². The largest absolute Gasteiger partial charge is 0.461 e. The molecule has 0 fully saturated rings. The molecule has 156 valence electrons. The molecule has 10 heteroatoms. The lowest BCUT2D eigenvalue weighted by Crippen LogP contribution is -2.20. The second kappa shape index (κ2) is 9.51. The summed E-state index contributed by atoms with van der Waals surface area (Å²) in [5.41, 5.74) is 1.83. The summed E-state index contributed by atoms with van der Waals surface area (Å²) in [6.07, 6.45) is 0. The number of hydrogen-bond acceptors (Lipinski definition) is 7. The Morgan fingerprint density at radius 3 is 2.50 bits per heavy atom. The van der Waals surface area contributed by atoms with E-state index < -0.39 is 22.8 Å². The van der Waals surface area contributed by atoms with Gasteiger partial charge in [0, 0.05) is 5.38 Å². The molecule has 1 amide bonds. The zero-order valence-corrected chi connectivity index (χ0v) is 17.9. The monoisotopic (exact) mass is 445 g/mol. The molecule has 0 unspecified atom stereocenters. The average Bonchev–Trinajstić information content (AvgIpc) is 3.18. The predicted octanol–water partition coefficient (Wildman–Crippen LogP) is 3.55. The van der Waals surface area contributed by atoms with Crippen molar-refractivity contribution in [2.75, 3.05) is 16.2 Å². The number of nitrogens with zero attached hydrogens (tertiary/aromatic N) is 2. The van der Waals surface area contributed by atoms with E-state index in [2.05, 4.69) is 10.3 Å². The fourth-order valence-electron chi connectivity index (χ4n) is 2.65. The maximum Gasteiger partial charge on any atom is 0.357 e. The van der Waals surface area contributed by atoms with Crippen molar-refractivity contribution in [3.8, 4) is 0 Å². The lowest BCUT2D eigenvalue weighted by molar-refractivity contribution is 0.0520. The highest BCUT2D eigenvalue weighted by Crippen LogP contribution is 2.30. The summed E-state index contributed by atoms with van der Waals surface area (Å²) in [4.78, 5) is 28.7. The quantitative estimate of drug-likeness (QED) is 0.426. The molecule has 0 aliphatic heterocycles. The van der Waals surface area contributed by atoms with Crippen molar-refractivity contribution in [3.05, 3.63) is 70.7 Å². The molecule has 0 aliphatic rings. The summed E-state index contributed by atoms with van der Waals surface area (Å²) < 4.78 is 30.0. The Morgan fingerprint density at radius 2 is 1.83 bits per heavy atom. The van der Waals surface area contributed by atoms with E-state index in [1.54, 1.807) is 49.4 Å². The molecule has 30 heavy (non-hydrogen) atoms. The molecule has 0 saturated heterocycles. The van der Waals surface area contributed by atoms with Crippen molar-refractivity contribution >= 4 is 50.6 Å². The van der Waals surface area contributed by atoms with Crippen LogP contribution in [-0.4, -0.2) is 31.9 Å². The van der Waals surface area contributed by atoms with Crippen LogP contribution >= 0.6 is 11.3 Å². The molecule has 1 heterocycles. The molecular formula is C20H19N3O5S2. The third-order valence-corrected chi connectivity index (χ3v) is 5.56. The van der Waals surface area contributed by atoms with Gasteiger partial charge in [0.2, 0.25) is 10.9 Å². The van der Waals surface area contributed by atoms with E-state index in [-0.39, 0.29) is 28.7 Å². The first kappa shape index (κ1) is 21.5. The van der Waals surface area contributed by atoms with Crippen molar-refractivity contribution in [1.29, 1.82) is 0 Å². The second-order valence-electron chi connectivity index (χ2n) is 6.11. The molecule has 0 aliphatic carbocycles. The summed E-state index contributed by atoms with van der Waals surface area (Å²) in [6.45, 7) is 3.80. The molecular weight excluding hydrogens is 426 g/mol. The lowest BCUT2D eigenvalue weighted by Gasteiger charge is -2.20. The first-order valence-electron chi connectivity index (χ1n) is 8.94. The van der Waals surface area contributed by atoms with Crippen LogP contribution in [0.2, 0.25) is 0 Å². The smallest absolute Gasteiger partial charge is 0.357 e. The first-order valence-corrected chi connectivity index (χ1v) is 11.0. The van der Waals surface area contributed by atoms with Gasteiger partial charge in [-0.2, -0.15) is 0 Å². The summed E-state index contributed by atoms with van der Waals surface area (Å²) in [5, 5.41) is 4.29. The molecule has 2 aromatic carbocycles. The Bertz CT molecular complexity index is 1130. The maximum atomic E-state index is 12.9. The Kier molecular flexibility index (Phi) is 6.80. The van der Waals surface area contributed by atoms with Gasteiger partial charge in [-0.05, 0) is 38.1 Å². The van der Waals surface area contributed by atoms with Crippen LogP contribution in [0.4, 0.5) is 16.5 Å². The third kappa shape index (κ3) is 4.84. The number of aromatic nitrogens is 1. The topological polar surface area (TPSA) is 106 Å². The van der Waals surface area contributed by atoms with Gasteiger partial charge in [0.1, 0.15) is 0 Å². The summed E-state index contributed by atoms with van der Waals surface area (Å²) >= 11 is 1.07. The molecule has 0 saturated carbocycles. The van der Waals surface area contributed by atoms with E-state index in [0.717, 1.165) is 21.2 Å². The number of carbonyl (C=O) groups is 2. The van der Waals surface area contributed by atoms with Gasteiger partial charge < -0.3 is 4.74 Å². The van der Waals surface area contributed by atoms with Crippen molar-refractivity contribution in [2.45, 2.75) is 13.8 Å². The third-order valence-electron chi connectivity index (χ3n) is 4.03. The number of thiazole rings is 1. The fraction of sp³-hybridized carbons (Fsp3) is 0.150. The number of ether oxygens (including phenoxy) is 1. The maximum absolute atomic E-state index is 12.9. The van der Waals surface area contributed by atoms with Crippen LogP contribution < -0.4 is 9.62 Å². The zero-order valence-electron chi connectivity index (χ0n) is 16.2. The van der Waals surface area contributed by atoms with Gasteiger partial charge in [-0.15, -0.1) is 11.3 Å². The number of aryl methyl sites for hydroxylation is 1. The molecule has 3 aromatic rings. The summed E-state index contributed by atoms with van der Waals surface area (Å²) in [6, 6.07) is 13.3. The molecule has 8 nitrogen and oxygen atoms in total. The van der Waals surface area contributed by atoms with Gasteiger partial charge in [0.15, 0.2) is 10.8 Å². The van der Waals surface area contributed by atoms with Crippen LogP contribution in [0.3, 0.4) is 0 Å². The Hall–Kier alpha value is -3.24. The zero-order chi connectivity index (χ0) is 21.7. The van der Waals surface area contributed by atoms with Gasteiger partial charge >= 0.3 is 5.97 Å². The lowest BCUT2D eigenvalue weighted by atomic mass is 10.1. The minimum atomic E-state index is -3.06. The highest BCUT2D eigenvalue weighted by atomic mass is 32.2. The van der Waals surface area contributed by atoms with E-state index >= 15 is 0 Å². The number of rotatable bonds is 7. The average molecular weight is 446 g/mol. The number of anilines is 3. The predicted molar refractivity (Wildman–Crippen MR) is 116 cm³/mol. The minimum absolute atomic E-state index is 0.0920. The first-order chi connectivity index (χ1) is 14.4. The Balaban J connectivity index is 1.91. The molecule has 0 spiro atoms. The molecule has 0 atom stereocenters. The number of hydrogen-bond donors (Lipinski definition) is 2. The summed E-state index contributed by atoms with van der Waals surface area (Å²) in [7, 11) is -3.06. The second-order valence-corrected chi connectivity index (χ2v) is 7.85. The standard InChI is InChI=1S/C20H19N3O5S2/c1-3-28-19(25)16-12-29-20(21-16)22-18(24)15-6-4-5-7-17(15)23(30(26)27)14-10-8-13(2)9-11-14/h4-12,30H,3H2,1-2H3,(H,21,22,24). The van der Waals surface area contributed by atoms with Crippen LogP contribution in [-0.2, 0) is 15.6 Å². The number of thiol groups is 1. The van der Waals surface area contributed by atoms with Crippen LogP contribution in [0.25, 0.3) is 0 Å². The number of esters is 1. The normalized spacial score (nSPS) is 10.6. The van der Waals surface area contributed by atoms with Crippen molar-refractivity contribution in [3.63, 3.8) is 0 Å². The van der Waals surface area contributed by atoms with E-state index in [4.69, 9.17) is 4.74 Å². The number of benzene rings is 2. The van der Waals surface area contributed by atoms with E-state index in [1.165, 1.54) is 11.4 Å². The van der Waals surface area contributed by atoms with E-state index in [0.29, 0.717) is 5.69 Å². The van der Waals surface area contributed by atoms with Crippen molar-refractivity contribution < 1.29 is 22.7 Å². The van der Waals surface area contributed by atoms with Crippen LogP contribution in [0.15, 0.2) is 53.9 Å². The van der Waals surface area contributed by atoms with Gasteiger partial charge in [0.25, 0.3) is 5.91 Å². The molecule has 1 N–H and O–H groups in total. The van der Waals surface area contributed by atoms with Crippen LogP contribution in [0.1, 0.15) is 33.3 Å². The number of para-hydroxylation sites is 1. The van der Waals surface area contributed by atoms with E-state index in [1.807, 2.05) is 6.92 Å². The molecule has 0 radical (unpaired) electrons. The molecule has 0 bridgehead atoms. The highest BCUT2D eigenvalue weighted by molar-refractivity contribution is 7.74. The van der Waals surface area contributed by atoms with E-state index in [9.17, 15) is 18.0 Å². The molecule has 3 rings (SSSR count). The van der Waals surface area contributed by atoms with Gasteiger partial charge in [0.05, 0.1) is 23.5 Å². The SMILES string of the molecule is CCOC(=O)c1csc(NC(=O)c2ccccc2N(c2ccc(C)cc2)[SH](=O)=O)n1.